The number of carboxylic acid groups (broad SMARTS) is 1. The van der Waals surface area contributed by atoms with Gasteiger partial charge in [0, 0.05) is 0 Å². The number of ether oxygens (including phenoxy) is 1. The van der Waals surface area contributed by atoms with Gasteiger partial charge in [-0.05, 0) is 0 Å². The van der Waals surface area contributed by atoms with Gasteiger partial charge in [0.2, 0.25) is 0 Å². The van der Waals surface area contributed by atoms with Crippen molar-refractivity contribution in [1.29, 1.82) is 0 Å². The van der Waals surface area contributed by atoms with Gasteiger partial charge < -0.3 is 0 Å². The van der Waals surface area contributed by atoms with Crippen LogP contribution in [0.3, 0.4) is 0 Å². The van der Waals surface area contributed by atoms with Gasteiger partial charge in [0.15, 0.2) is 0 Å². The summed E-state index contributed by atoms with van der Waals surface area (Å²) in [6, 6.07) is 13.9. The van der Waals surface area contributed by atoms with E-state index < -0.39 is 28.7 Å². The van der Waals surface area contributed by atoms with Crippen molar-refractivity contribution < 1.29 is 27.9 Å². The van der Waals surface area contributed by atoms with E-state index >= 15 is 0 Å². The first kappa shape index (κ1) is 27.1. The van der Waals surface area contributed by atoms with E-state index in [1.165, 1.54) is 30.3 Å². The van der Waals surface area contributed by atoms with E-state index in [2.05, 4.69) is 5.32 Å². The zero-order valence-corrected chi connectivity index (χ0v) is 22.9. The molecule has 0 atom stereocenters. The summed E-state index contributed by atoms with van der Waals surface area (Å²) in [7, 11) is -3.86. The molecule has 0 aliphatic heterocycles. The standard InChI is InChI=1S/C24H21AsCl2NO6S/c1-3-28-24(31)16-7-8-21(34-17-6-4-5-15(10-17)11-23(29)30)18(12-16)25-35(32,33)22-9-14(2)19(26)13-20(22)27/h4-10,12-13H,3,11H2,1-2H3,(H,28,31)(H,29,30). The van der Waals surface area contributed by atoms with Crippen LogP contribution in [0, 0.1) is 6.92 Å². The third kappa shape index (κ3) is 7.01. The molecule has 11 heteroatoms. The van der Waals surface area contributed by atoms with E-state index in [4.69, 9.17) is 33.0 Å². The Balaban J connectivity index is 2.04. The molecule has 1 radical (unpaired) electrons. The summed E-state index contributed by atoms with van der Waals surface area (Å²) in [4.78, 5) is 23.4. The molecule has 0 aliphatic carbocycles. The minimum atomic E-state index is -3.86. The monoisotopic (exact) mass is 596 g/mol. The maximum absolute atomic E-state index is 13.4. The van der Waals surface area contributed by atoms with Gasteiger partial charge in [0.1, 0.15) is 0 Å². The molecule has 0 aromatic heterocycles. The Hall–Kier alpha value is -2.51. The quantitative estimate of drug-likeness (QED) is 0.359. The zero-order valence-electron chi connectivity index (χ0n) is 18.7. The van der Waals surface area contributed by atoms with Crippen molar-refractivity contribution in [2.45, 2.75) is 25.2 Å². The van der Waals surface area contributed by atoms with Gasteiger partial charge in [-0.3, -0.25) is 0 Å². The first-order valence-electron chi connectivity index (χ1n) is 10.3. The molecule has 0 aliphatic rings. The molecule has 0 fully saturated rings. The van der Waals surface area contributed by atoms with Crippen LogP contribution in [0.4, 0.5) is 0 Å². The third-order valence-electron chi connectivity index (χ3n) is 4.75. The Morgan fingerprint density at radius 3 is 2.49 bits per heavy atom. The van der Waals surface area contributed by atoms with Crippen LogP contribution >= 0.6 is 23.2 Å². The molecule has 2 N–H and O–H groups in total. The van der Waals surface area contributed by atoms with Crippen molar-refractivity contribution in [3.05, 3.63) is 81.3 Å². The third-order valence-corrected chi connectivity index (χ3v) is 11.6. The number of halogens is 2. The van der Waals surface area contributed by atoms with E-state index in [-0.39, 0.29) is 33.6 Å². The summed E-state index contributed by atoms with van der Waals surface area (Å²) in [6.07, 6.45) is -0.186. The molecule has 0 heterocycles. The molecule has 0 spiro atoms. The van der Waals surface area contributed by atoms with Crippen molar-refractivity contribution in [2.24, 2.45) is 0 Å². The predicted molar refractivity (Wildman–Crippen MR) is 136 cm³/mol. The van der Waals surface area contributed by atoms with E-state index in [0.717, 1.165) is 0 Å². The summed E-state index contributed by atoms with van der Waals surface area (Å²) < 4.78 is 33.0. The minimum absolute atomic E-state index is 0.0135. The number of carbonyl (C=O) groups excluding carboxylic acids is 1. The Morgan fingerprint density at radius 1 is 1.06 bits per heavy atom. The number of aryl methyl sites for hydroxylation is 1. The van der Waals surface area contributed by atoms with E-state index in [9.17, 15) is 18.0 Å². The summed E-state index contributed by atoms with van der Waals surface area (Å²) in [5.41, 5.74) is 1.39. The van der Waals surface area contributed by atoms with Gasteiger partial charge in [-0.1, -0.05) is 0 Å². The summed E-state index contributed by atoms with van der Waals surface area (Å²) >= 11 is 10.7. The number of carboxylic acids is 1. The molecule has 0 unspecified atom stereocenters. The second kappa shape index (κ2) is 11.5. The number of benzene rings is 3. The average molecular weight is 597 g/mol. The first-order valence-corrected chi connectivity index (χ1v) is 15.8. The molecule has 7 nitrogen and oxygen atoms in total. The fraction of sp³-hybridized carbons (Fsp3) is 0.167. The SMILES string of the molecule is CCNC(=O)c1ccc(Oc2cccc(CC(=O)O)c2)c([As]S(=O)(=O)c2cc(C)c(Cl)cc2Cl)c1. The molecule has 0 bridgehead atoms. The van der Waals surface area contributed by atoms with Crippen molar-refractivity contribution >= 4 is 62.1 Å². The molecule has 0 saturated carbocycles. The van der Waals surface area contributed by atoms with Crippen LogP contribution in [-0.4, -0.2) is 46.5 Å². The van der Waals surface area contributed by atoms with Gasteiger partial charge in [-0.15, -0.1) is 0 Å². The summed E-state index contributed by atoms with van der Waals surface area (Å²) in [6.45, 7) is 3.87. The number of carbonyl (C=O) groups is 2. The number of aliphatic carboxylic acids is 1. The van der Waals surface area contributed by atoms with E-state index in [0.29, 0.717) is 32.8 Å². The number of hydrogen-bond acceptors (Lipinski definition) is 5. The van der Waals surface area contributed by atoms with Crippen molar-refractivity contribution in [3.63, 3.8) is 0 Å². The molecule has 183 valence electrons. The van der Waals surface area contributed by atoms with Gasteiger partial charge in [0.25, 0.3) is 0 Å². The zero-order chi connectivity index (χ0) is 25.8. The van der Waals surface area contributed by atoms with Crippen LogP contribution in [-0.2, 0) is 19.3 Å². The summed E-state index contributed by atoms with van der Waals surface area (Å²) in [5.74, 6) is -0.742. The fourth-order valence-electron chi connectivity index (χ4n) is 3.11. The molecule has 3 aromatic rings. The second-order valence-electron chi connectivity index (χ2n) is 7.46. The van der Waals surface area contributed by atoms with Crippen molar-refractivity contribution in [2.75, 3.05) is 6.54 Å². The summed E-state index contributed by atoms with van der Waals surface area (Å²) in [5, 5.41) is 12.1. The van der Waals surface area contributed by atoms with Gasteiger partial charge in [-0.25, -0.2) is 0 Å². The normalized spacial score (nSPS) is 11.5. The first-order chi connectivity index (χ1) is 16.5. The van der Waals surface area contributed by atoms with Crippen LogP contribution in [0.5, 0.6) is 11.5 Å². The van der Waals surface area contributed by atoms with Gasteiger partial charge in [0.05, 0.1) is 0 Å². The second-order valence-corrected chi connectivity index (χ2v) is 15.0. The van der Waals surface area contributed by atoms with Crippen LogP contribution in [0.2, 0.25) is 10.0 Å². The van der Waals surface area contributed by atoms with Crippen molar-refractivity contribution in [3.8, 4) is 11.5 Å². The number of hydrogen-bond donors (Lipinski definition) is 2. The van der Waals surface area contributed by atoms with Gasteiger partial charge >= 0.3 is 220 Å². The topological polar surface area (TPSA) is 110 Å². The van der Waals surface area contributed by atoms with Crippen LogP contribution in [0.15, 0.2) is 59.5 Å². The predicted octanol–water partition coefficient (Wildman–Crippen LogP) is 4.19. The number of nitrogens with one attached hydrogen (secondary N) is 1. The van der Waals surface area contributed by atoms with Gasteiger partial charge in [-0.2, -0.15) is 0 Å². The van der Waals surface area contributed by atoms with E-state index in [1.54, 1.807) is 38.1 Å². The van der Waals surface area contributed by atoms with E-state index in [1.807, 2.05) is 0 Å². The molecular weight excluding hydrogens is 576 g/mol. The number of amides is 1. The molecule has 3 aromatic carbocycles. The Bertz CT molecular complexity index is 1390. The fourth-order valence-corrected chi connectivity index (χ4v) is 9.92. The molecule has 3 rings (SSSR count). The molecular formula is C24H21AsCl2NO6S. The Morgan fingerprint density at radius 2 is 1.80 bits per heavy atom. The molecule has 0 saturated heterocycles. The number of rotatable bonds is 9. The van der Waals surface area contributed by atoms with Crippen LogP contribution in [0.1, 0.15) is 28.4 Å². The Kier molecular flexibility index (Phi) is 8.88. The average Bonchev–Trinajstić information content (AvgIpc) is 2.77. The maximum atomic E-state index is 13.4. The van der Waals surface area contributed by atoms with Crippen LogP contribution in [0.25, 0.3) is 0 Å². The Labute approximate surface area is 219 Å². The van der Waals surface area contributed by atoms with Crippen molar-refractivity contribution in [1.82, 2.24) is 5.32 Å². The molecule has 1 amide bonds. The molecule has 35 heavy (non-hydrogen) atoms. The van der Waals surface area contributed by atoms with Crippen LogP contribution < -0.4 is 14.4 Å².